The lowest BCUT2D eigenvalue weighted by Gasteiger charge is -2.39. The van der Waals surface area contributed by atoms with E-state index in [1.54, 1.807) is 28.4 Å². The van der Waals surface area contributed by atoms with Crippen LogP contribution in [0.1, 0.15) is 169 Å². The SMILES string of the molecule is CCCCC(CC)CN1C(=O)c2ccc3c4c5c6c(ccc5c5c3c2C(C=C5OC)C1=O)C(=O)N(CC(CC)CCCC)C(=O)C6C=C4Oc1cc(C(C)c2cc(OC)c(OC)cc2C)c(C)cc1OC. The lowest BCUT2D eigenvalue weighted by atomic mass is 9.72. The van der Waals surface area contributed by atoms with Gasteiger partial charge in [0.25, 0.3) is 11.8 Å². The maximum atomic E-state index is 15.2. The minimum absolute atomic E-state index is 0.119. The molecule has 4 amide bonds. The number of unbranched alkanes of at least 4 members (excludes halogenated alkanes) is 2. The molecule has 0 bridgehead atoms. The number of benzene rings is 5. The van der Waals surface area contributed by atoms with E-state index in [1.807, 2.05) is 67.6 Å². The van der Waals surface area contributed by atoms with E-state index in [4.69, 9.17) is 23.7 Å². The molecule has 5 aromatic rings. The number of carbonyl (C=O) groups excluding carboxylic acids is 4. The van der Waals surface area contributed by atoms with Gasteiger partial charge in [-0.05, 0) is 142 Å². The summed E-state index contributed by atoms with van der Waals surface area (Å²) in [6.07, 6.45) is 11.3. The van der Waals surface area contributed by atoms with Crippen molar-refractivity contribution >= 4 is 56.7 Å². The fraction of sp³-hybridized carbons (Fsp3) is 0.433. The summed E-state index contributed by atoms with van der Waals surface area (Å²) in [5.74, 6) is 0.513. The molecule has 0 aromatic heterocycles. The molecule has 0 saturated carbocycles. The Hall–Kier alpha value is -6.62. The third kappa shape index (κ3) is 8.13. The Balaban J connectivity index is 1.28. The highest BCUT2D eigenvalue weighted by Crippen LogP contribution is 2.55. The predicted octanol–water partition coefficient (Wildman–Crippen LogP) is 12.8. The molecule has 71 heavy (non-hydrogen) atoms. The Morgan fingerprint density at radius 1 is 0.549 bits per heavy atom. The molecular weight excluding hydrogens is 893 g/mol. The predicted molar refractivity (Wildman–Crippen MR) is 279 cm³/mol. The number of imide groups is 2. The van der Waals surface area contributed by atoms with E-state index in [0.717, 1.165) is 79.0 Å². The topological polar surface area (TPSA) is 121 Å². The maximum Gasteiger partial charge on any atom is 0.260 e. The Labute approximate surface area is 418 Å². The number of amides is 4. The van der Waals surface area contributed by atoms with Crippen molar-refractivity contribution in [3.8, 4) is 23.0 Å². The van der Waals surface area contributed by atoms with Gasteiger partial charge in [-0.25, -0.2) is 0 Å². The second-order valence-corrected chi connectivity index (χ2v) is 20.0. The molecule has 11 nitrogen and oxygen atoms in total. The Morgan fingerprint density at radius 3 is 1.41 bits per heavy atom. The second-order valence-electron chi connectivity index (χ2n) is 20.0. The van der Waals surface area contributed by atoms with Gasteiger partial charge >= 0.3 is 0 Å². The molecule has 4 aliphatic rings. The molecule has 2 aliphatic heterocycles. The molecule has 372 valence electrons. The maximum absolute atomic E-state index is 15.2. The highest BCUT2D eigenvalue weighted by atomic mass is 16.5. The van der Waals surface area contributed by atoms with Gasteiger partial charge in [0.05, 0.1) is 40.3 Å². The first-order chi connectivity index (χ1) is 34.3. The van der Waals surface area contributed by atoms with Crippen LogP contribution in [0.25, 0.3) is 33.1 Å². The van der Waals surface area contributed by atoms with Crippen molar-refractivity contribution in [1.82, 2.24) is 9.80 Å². The first-order valence-electron chi connectivity index (χ1n) is 25.7. The van der Waals surface area contributed by atoms with Crippen LogP contribution in [0.5, 0.6) is 23.0 Å². The standard InChI is InChI=1S/C60H68N2O9/c1-12-16-18-35(14-3)30-61-57(63)39-23-21-38-54-50(71-48-27-42(33(6)25-46(48)68-9)34(7)41-26-47(69-10)45(67-8)24-32(41)5)29-44-52-40(58(64)62(60(44)66)31-36(15-4)19-17-13-2)22-20-37(56(52)54)53-49(70-11)28-43(59(61)65)51(39)55(38)53/h20-29,34-36,43-44H,12-19,30-31H2,1-11H3. The smallest absolute Gasteiger partial charge is 0.260 e. The first-order valence-corrected chi connectivity index (χ1v) is 25.7. The van der Waals surface area contributed by atoms with Crippen LogP contribution in [-0.4, -0.2) is 75.0 Å². The molecule has 11 heteroatoms. The largest absolute Gasteiger partial charge is 0.496 e. The van der Waals surface area contributed by atoms with Crippen LogP contribution in [0.2, 0.25) is 0 Å². The molecule has 5 aromatic carbocycles. The van der Waals surface area contributed by atoms with Crippen molar-refractivity contribution in [2.24, 2.45) is 11.8 Å². The zero-order valence-electron chi connectivity index (χ0n) is 43.3. The molecule has 2 aliphatic carbocycles. The van der Waals surface area contributed by atoms with E-state index in [-0.39, 0.29) is 41.4 Å². The number of nitrogens with zero attached hydrogens (tertiary/aromatic N) is 2. The number of fused-ring (bicyclic) bond motifs is 2. The van der Waals surface area contributed by atoms with Gasteiger partial charge in [0.15, 0.2) is 23.0 Å². The highest BCUT2D eigenvalue weighted by Gasteiger charge is 2.47. The number of aryl methyl sites for hydroxylation is 2. The molecule has 0 N–H and O–H groups in total. The number of hydrogen-bond donors (Lipinski definition) is 0. The van der Waals surface area contributed by atoms with Gasteiger partial charge in [0.1, 0.15) is 11.5 Å². The highest BCUT2D eigenvalue weighted by molar-refractivity contribution is 6.27. The van der Waals surface area contributed by atoms with Crippen LogP contribution < -0.4 is 18.9 Å². The fourth-order valence-electron chi connectivity index (χ4n) is 11.9. The molecule has 2 heterocycles. The van der Waals surface area contributed by atoms with Crippen molar-refractivity contribution < 1.29 is 42.9 Å². The van der Waals surface area contributed by atoms with Crippen molar-refractivity contribution in [2.45, 2.75) is 118 Å². The van der Waals surface area contributed by atoms with E-state index in [1.165, 1.54) is 9.80 Å². The number of hydrogen-bond acceptors (Lipinski definition) is 9. The third-order valence-electron chi connectivity index (χ3n) is 16.0. The minimum atomic E-state index is -0.855. The van der Waals surface area contributed by atoms with Crippen molar-refractivity contribution in [1.29, 1.82) is 0 Å². The zero-order valence-corrected chi connectivity index (χ0v) is 43.3. The van der Waals surface area contributed by atoms with Gasteiger partial charge in [-0.15, -0.1) is 0 Å². The first kappa shape index (κ1) is 49.4. The van der Waals surface area contributed by atoms with Gasteiger partial charge in [-0.2, -0.15) is 0 Å². The summed E-state index contributed by atoms with van der Waals surface area (Å²) in [4.78, 5) is 62.4. The average Bonchev–Trinajstić information content (AvgIpc) is 3.38. The van der Waals surface area contributed by atoms with E-state index in [0.29, 0.717) is 97.1 Å². The Bertz CT molecular complexity index is 3070. The van der Waals surface area contributed by atoms with Gasteiger partial charge in [-0.3, -0.25) is 29.0 Å². The Morgan fingerprint density at radius 2 is 0.972 bits per heavy atom. The minimum Gasteiger partial charge on any atom is -0.496 e. The lowest BCUT2D eigenvalue weighted by molar-refractivity contribution is -0.131. The summed E-state index contributed by atoms with van der Waals surface area (Å²) < 4.78 is 31.0. The summed E-state index contributed by atoms with van der Waals surface area (Å²) in [7, 11) is 6.47. The van der Waals surface area contributed by atoms with E-state index >= 15 is 4.79 Å². The average molecular weight is 961 g/mol. The molecule has 0 fully saturated rings. The number of carbonyl (C=O) groups is 4. The van der Waals surface area contributed by atoms with Crippen molar-refractivity contribution in [2.75, 3.05) is 41.5 Å². The van der Waals surface area contributed by atoms with Crippen LogP contribution in [0.4, 0.5) is 0 Å². The van der Waals surface area contributed by atoms with Crippen LogP contribution in [0.15, 0.2) is 60.7 Å². The van der Waals surface area contributed by atoms with Gasteiger partial charge in [-0.1, -0.05) is 85.3 Å². The normalized spacial score (nSPS) is 18.1. The summed E-state index contributed by atoms with van der Waals surface area (Å²) >= 11 is 0. The van der Waals surface area contributed by atoms with Crippen molar-refractivity contribution in [3.05, 3.63) is 116 Å². The van der Waals surface area contributed by atoms with E-state index in [9.17, 15) is 14.4 Å². The summed E-state index contributed by atoms with van der Waals surface area (Å²) in [6.45, 7) is 15.5. The van der Waals surface area contributed by atoms with Crippen LogP contribution in [-0.2, 0) is 14.3 Å². The summed E-state index contributed by atoms with van der Waals surface area (Å²) in [6, 6.07) is 15.5. The molecule has 0 spiro atoms. The Kier molecular flexibility index (Phi) is 13.8. The van der Waals surface area contributed by atoms with Gasteiger partial charge in [0.2, 0.25) is 11.8 Å². The van der Waals surface area contributed by atoms with Gasteiger partial charge in [0, 0.05) is 41.3 Å². The quantitative estimate of drug-likeness (QED) is 0.0554. The fourth-order valence-corrected chi connectivity index (χ4v) is 11.9. The number of methoxy groups -OCH3 is 4. The zero-order chi connectivity index (χ0) is 50.6. The molecule has 5 unspecified atom stereocenters. The number of ether oxygens (including phenoxy) is 5. The second kappa shape index (κ2) is 19.9. The van der Waals surface area contributed by atoms with Crippen LogP contribution in [0, 0.1) is 25.7 Å². The molecule has 0 radical (unpaired) electrons. The molecular formula is C60H68N2O9. The molecule has 5 atom stereocenters. The van der Waals surface area contributed by atoms with E-state index in [2.05, 4.69) is 41.5 Å². The summed E-state index contributed by atoms with van der Waals surface area (Å²) in [5.41, 5.74) is 7.64. The third-order valence-corrected chi connectivity index (χ3v) is 16.0. The van der Waals surface area contributed by atoms with Crippen LogP contribution >= 0.6 is 0 Å². The lowest BCUT2D eigenvalue weighted by Crippen LogP contribution is -2.47. The molecule has 9 rings (SSSR count). The van der Waals surface area contributed by atoms with Gasteiger partial charge < -0.3 is 23.7 Å². The molecule has 0 saturated heterocycles. The number of rotatable bonds is 20. The monoisotopic (exact) mass is 960 g/mol. The van der Waals surface area contributed by atoms with E-state index < -0.39 is 11.8 Å². The van der Waals surface area contributed by atoms with Crippen LogP contribution in [0.3, 0.4) is 0 Å². The van der Waals surface area contributed by atoms with Crippen molar-refractivity contribution in [3.63, 3.8) is 0 Å². The summed E-state index contributed by atoms with van der Waals surface area (Å²) in [5, 5.41) is 2.86.